The number of hydrogen-bond donors (Lipinski definition) is 2. The molecular weight excluding hydrogens is 321 g/mol. The second-order valence-electron chi connectivity index (χ2n) is 5.96. The lowest BCUT2D eigenvalue weighted by atomic mass is 10.0. The molecule has 1 atom stereocenters. The highest BCUT2D eigenvalue weighted by atomic mass is 19.1. The number of aromatic nitrogens is 2. The average molecular weight is 337 g/mol. The number of fused-ring (bicyclic) bond motifs is 3. The number of para-hydroxylation sites is 1. The molecule has 0 radical (unpaired) electrons. The van der Waals surface area contributed by atoms with E-state index in [0.29, 0.717) is 5.69 Å². The zero-order valence-corrected chi connectivity index (χ0v) is 13.5. The molecule has 0 unspecified atom stereocenters. The van der Waals surface area contributed by atoms with Crippen LogP contribution in [0.1, 0.15) is 34.6 Å². The normalized spacial score (nSPS) is 13.4. The number of carbonyl (C=O) groups excluding carboxylic acids is 1. The predicted molar refractivity (Wildman–Crippen MR) is 90.6 cm³/mol. The summed E-state index contributed by atoms with van der Waals surface area (Å²) in [6.07, 6.45) is 0. The molecule has 2 N–H and O–H groups in total. The van der Waals surface area contributed by atoms with Crippen LogP contribution in [0.15, 0.2) is 48.5 Å². The Labute approximate surface area is 143 Å². The van der Waals surface area contributed by atoms with Crippen LogP contribution in [0.3, 0.4) is 0 Å². The van der Waals surface area contributed by atoms with Crippen molar-refractivity contribution in [2.75, 3.05) is 0 Å². The second kappa shape index (κ2) is 6.05. The molecule has 0 fully saturated rings. The van der Waals surface area contributed by atoms with Crippen molar-refractivity contribution in [1.82, 2.24) is 15.5 Å². The number of halogens is 1. The Morgan fingerprint density at radius 2 is 2.00 bits per heavy atom. The molecule has 0 spiro atoms. The molecule has 1 amide bonds. The number of carbonyl (C=O) groups is 1. The van der Waals surface area contributed by atoms with Crippen molar-refractivity contribution in [3.05, 3.63) is 71.2 Å². The number of hydrogen-bond acceptors (Lipinski definition) is 3. The highest BCUT2D eigenvalue weighted by Gasteiger charge is 2.26. The molecule has 25 heavy (non-hydrogen) atoms. The van der Waals surface area contributed by atoms with Gasteiger partial charge in [-0.05, 0) is 36.8 Å². The van der Waals surface area contributed by atoms with E-state index in [2.05, 4.69) is 15.5 Å². The van der Waals surface area contributed by atoms with E-state index in [1.807, 2.05) is 31.2 Å². The van der Waals surface area contributed by atoms with Crippen LogP contribution in [-0.2, 0) is 6.61 Å². The number of benzene rings is 2. The first kappa shape index (κ1) is 15.4. The van der Waals surface area contributed by atoms with E-state index < -0.39 is 0 Å². The minimum Gasteiger partial charge on any atom is -0.488 e. The Hall–Kier alpha value is -3.15. The number of H-pyrrole nitrogens is 1. The maximum absolute atomic E-state index is 13.0. The van der Waals surface area contributed by atoms with Crippen molar-refractivity contribution < 1.29 is 13.9 Å². The van der Waals surface area contributed by atoms with Crippen molar-refractivity contribution >= 4 is 5.91 Å². The van der Waals surface area contributed by atoms with Gasteiger partial charge in [-0.15, -0.1) is 0 Å². The van der Waals surface area contributed by atoms with Gasteiger partial charge >= 0.3 is 0 Å². The first-order valence-corrected chi connectivity index (χ1v) is 7.99. The largest absolute Gasteiger partial charge is 0.488 e. The monoisotopic (exact) mass is 337 g/mol. The number of amides is 1. The summed E-state index contributed by atoms with van der Waals surface area (Å²) in [5.41, 5.74) is 3.55. The van der Waals surface area contributed by atoms with E-state index in [1.165, 1.54) is 12.1 Å². The van der Waals surface area contributed by atoms with Gasteiger partial charge in [0.2, 0.25) is 0 Å². The lowest BCUT2D eigenvalue weighted by molar-refractivity contribution is 0.0932. The van der Waals surface area contributed by atoms with Crippen LogP contribution in [-0.4, -0.2) is 16.1 Å². The summed E-state index contributed by atoms with van der Waals surface area (Å²) in [6, 6.07) is 13.4. The van der Waals surface area contributed by atoms with Crippen LogP contribution in [0.25, 0.3) is 11.3 Å². The van der Waals surface area contributed by atoms with Gasteiger partial charge in [0, 0.05) is 11.1 Å². The molecule has 4 rings (SSSR count). The van der Waals surface area contributed by atoms with Crippen LogP contribution >= 0.6 is 0 Å². The molecular formula is C19H16FN3O2. The Balaban J connectivity index is 1.58. The highest BCUT2D eigenvalue weighted by molar-refractivity contribution is 5.96. The van der Waals surface area contributed by atoms with E-state index in [0.717, 1.165) is 28.1 Å². The van der Waals surface area contributed by atoms with Crippen molar-refractivity contribution in [3.8, 4) is 17.0 Å². The molecule has 5 nitrogen and oxygen atoms in total. The number of aromatic amines is 1. The standard InChI is InChI=1S/C19H16FN3O2/c1-11(12-6-8-13(20)9-7-12)21-19(24)18-15-10-25-16-5-3-2-4-14(16)17(15)22-23-18/h2-9,11H,10H2,1H3,(H,21,24)(H,22,23)/t11-/m1/s1. The second-order valence-corrected chi connectivity index (χ2v) is 5.96. The van der Waals surface area contributed by atoms with Gasteiger partial charge in [0.15, 0.2) is 0 Å². The molecule has 0 saturated carbocycles. The van der Waals surface area contributed by atoms with Gasteiger partial charge in [0.1, 0.15) is 29.6 Å². The van der Waals surface area contributed by atoms with E-state index in [1.54, 1.807) is 12.1 Å². The van der Waals surface area contributed by atoms with E-state index >= 15 is 0 Å². The third-order valence-corrected chi connectivity index (χ3v) is 4.33. The first-order valence-electron chi connectivity index (χ1n) is 7.99. The fourth-order valence-electron chi connectivity index (χ4n) is 2.96. The molecule has 2 heterocycles. The first-order chi connectivity index (χ1) is 12.1. The minimum absolute atomic E-state index is 0.260. The number of ether oxygens (including phenoxy) is 1. The maximum Gasteiger partial charge on any atom is 0.270 e. The Morgan fingerprint density at radius 1 is 1.24 bits per heavy atom. The fraction of sp³-hybridized carbons (Fsp3) is 0.158. The zero-order valence-electron chi connectivity index (χ0n) is 13.5. The van der Waals surface area contributed by atoms with Crippen molar-refractivity contribution in [3.63, 3.8) is 0 Å². The van der Waals surface area contributed by atoms with Crippen LogP contribution < -0.4 is 10.1 Å². The molecule has 1 aromatic heterocycles. The molecule has 0 aliphatic carbocycles. The van der Waals surface area contributed by atoms with Crippen LogP contribution in [0.5, 0.6) is 5.75 Å². The highest BCUT2D eigenvalue weighted by Crippen LogP contribution is 2.37. The third-order valence-electron chi connectivity index (χ3n) is 4.33. The van der Waals surface area contributed by atoms with Gasteiger partial charge < -0.3 is 10.1 Å². The smallest absolute Gasteiger partial charge is 0.270 e. The summed E-state index contributed by atoms with van der Waals surface area (Å²) in [7, 11) is 0. The Kier molecular flexibility index (Phi) is 3.72. The molecule has 0 saturated heterocycles. The summed E-state index contributed by atoms with van der Waals surface area (Å²) in [6.45, 7) is 2.14. The van der Waals surface area contributed by atoms with Crippen LogP contribution in [0.2, 0.25) is 0 Å². The van der Waals surface area contributed by atoms with E-state index in [9.17, 15) is 9.18 Å². The van der Waals surface area contributed by atoms with Gasteiger partial charge in [0.05, 0.1) is 6.04 Å². The molecule has 1 aliphatic rings. The van der Waals surface area contributed by atoms with Gasteiger partial charge in [0.25, 0.3) is 5.91 Å². The van der Waals surface area contributed by atoms with Crippen molar-refractivity contribution in [2.45, 2.75) is 19.6 Å². The summed E-state index contributed by atoms with van der Waals surface area (Å²) >= 11 is 0. The number of rotatable bonds is 3. The van der Waals surface area contributed by atoms with Crippen LogP contribution in [0.4, 0.5) is 4.39 Å². The third kappa shape index (κ3) is 2.76. The molecule has 1 aliphatic heterocycles. The van der Waals surface area contributed by atoms with Gasteiger partial charge in [-0.1, -0.05) is 24.3 Å². The molecule has 3 aromatic rings. The molecule has 0 bridgehead atoms. The molecule has 126 valence electrons. The van der Waals surface area contributed by atoms with Crippen molar-refractivity contribution in [1.29, 1.82) is 0 Å². The van der Waals surface area contributed by atoms with Gasteiger partial charge in [-0.25, -0.2) is 4.39 Å². The number of nitrogens with zero attached hydrogens (tertiary/aromatic N) is 1. The van der Waals surface area contributed by atoms with Crippen LogP contribution in [0, 0.1) is 5.82 Å². The number of nitrogens with one attached hydrogen (secondary N) is 2. The lowest BCUT2D eigenvalue weighted by Crippen LogP contribution is -2.28. The predicted octanol–water partition coefficient (Wildman–Crippen LogP) is 3.60. The Morgan fingerprint density at radius 3 is 2.80 bits per heavy atom. The van der Waals surface area contributed by atoms with E-state index in [-0.39, 0.29) is 24.4 Å². The van der Waals surface area contributed by atoms with E-state index in [4.69, 9.17) is 4.74 Å². The average Bonchev–Trinajstić information content (AvgIpc) is 3.07. The fourth-order valence-corrected chi connectivity index (χ4v) is 2.96. The SMILES string of the molecule is C[C@@H](NC(=O)c1[nH]nc2c1COc1ccccc1-2)c1ccc(F)cc1. The van der Waals surface area contributed by atoms with Crippen molar-refractivity contribution in [2.24, 2.45) is 0 Å². The molecule has 6 heteroatoms. The van der Waals surface area contributed by atoms with Gasteiger partial charge in [-0.2, -0.15) is 5.10 Å². The molecule has 2 aromatic carbocycles. The lowest BCUT2D eigenvalue weighted by Gasteiger charge is -2.18. The summed E-state index contributed by atoms with van der Waals surface area (Å²) in [5, 5.41) is 10.0. The summed E-state index contributed by atoms with van der Waals surface area (Å²) < 4.78 is 18.8. The quantitative estimate of drug-likeness (QED) is 0.767. The Bertz CT molecular complexity index is 934. The zero-order chi connectivity index (χ0) is 17.4. The van der Waals surface area contributed by atoms with Gasteiger partial charge in [-0.3, -0.25) is 9.89 Å². The maximum atomic E-state index is 13.0. The summed E-state index contributed by atoms with van der Waals surface area (Å²) in [4.78, 5) is 12.6. The topological polar surface area (TPSA) is 67.0 Å². The summed E-state index contributed by atoms with van der Waals surface area (Å²) in [5.74, 6) is 0.183. The minimum atomic E-state index is -0.305.